The molecule has 0 bridgehead atoms. The van der Waals surface area contributed by atoms with Gasteiger partial charge < -0.3 is 10.8 Å². The summed E-state index contributed by atoms with van der Waals surface area (Å²) in [5, 5.41) is 9.58. The highest BCUT2D eigenvalue weighted by molar-refractivity contribution is 5.81. The smallest absolute Gasteiger partial charge is 0.315 e. The highest BCUT2D eigenvalue weighted by Gasteiger charge is 2.40. The first kappa shape index (κ1) is 15.6. The number of carbonyl (C=O) groups is 1. The largest absolute Gasteiger partial charge is 0.481 e. The lowest BCUT2D eigenvalue weighted by atomic mass is 9.73. The van der Waals surface area contributed by atoms with Gasteiger partial charge in [-0.2, -0.15) is 0 Å². The van der Waals surface area contributed by atoms with E-state index in [1.807, 2.05) is 6.92 Å². The maximum atomic E-state index is 13.3. The van der Waals surface area contributed by atoms with E-state index in [1.54, 1.807) is 6.07 Å². The van der Waals surface area contributed by atoms with E-state index in [9.17, 15) is 14.3 Å². The van der Waals surface area contributed by atoms with E-state index in [4.69, 9.17) is 5.73 Å². The first-order valence-electron chi connectivity index (χ1n) is 6.65. The number of halogens is 1. The molecule has 19 heavy (non-hydrogen) atoms. The Bertz CT molecular complexity index is 436. The minimum absolute atomic E-state index is 0.0279. The van der Waals surface area contributed by atoms with Crippen LogP contribution in [-0.4, -0.2) is 17.6 Å². The Hall–Kier alpha value is -1.42. The van der Waals surface area contributed by atoms with E-state index < -0.39 is 17.2 Å². The maximum Gasteiger partial charge on any atom is 0.315 e. The summed E-state index contributed by atoms with van der Waals surface area (Å²) in [5.74, 6) is -1.18. The summed E-state index contributed by atoms with van der Waals surface area (Å²) in [6.45, 7) is 4.04. The number of carboxylic acid groups (broad SMARTS) is 1. The number of nitrogens with two attached hydrogens (primary N) is 1. The SMILES string of the molecule is CCCC(C)CC(CN)(C(=O)O)c1cccc(F)c1. The first-order chi connectivity index (χ1) is 8.96. The van der Waals surface area contributed by atoms with Crippen molar-refractivity contribution in [2.24, 2.45) is 11.7 Å². The average molecular weight is 267 g/mol. The number of aliphatic carboxylic acids is 1. The van der Waals surface area contributed by atoms with Crippen molar-refractivity contribution in [1.29, 1.82) is 0 Å². The number of hydrogen-bond acceptors (Lipinski definition) is 2. The average Bonchev–Trinajstić information content (AvgIpc) is 2.36. The molecule has 0 spiro atoms. The summed E-state index contributed by atoms with van der Waals surface area (Å²) in [7, 11) is 0. The lowest BCUT2D eigenvalue weighted by Gasteiger charge is -2.31. The molecule has 2 unspecified atom stereocenters. The van der Waals surface area contributed by atoms with Crippen LogP contribution in [0, 0.1) is 11.7 Å². The summed E-state index contributed by atoms with van der Waals surface area (Å²) >= 11 is 0. The van der Waals surface area contributed by atoms with Crippen LogP contribution < -0.4 is 5.73 Å². The van der Waals surface area contributed by atoms with E-state index in [1.165, 1.54) is 18.2 Å². The Morgan fingerprint density at radius 2 is 2.21 bits per heavy atom. The minimum atomic E-state index is -1.20. The molecule has 3 N–H and O–H groups in total. The third kappa shape index (κ3) is 3.53. The van der Waals surface area contributed by atoms with Crippen LogP contribution in [0.15, 0.2) is 24.3 Å². The summed E-state index contributed by atoms with van der Waals surface area (Å²) < 4.78 is 13.3. The molecule has 0 aliphatic heterocycles. The van der Waals surface area contributed by atoms with Crippen LogP contribution >= 0.6 is 0 Å². The molecule has 4 heteroatoms. The molecule has 0 fully saturated rings. The highest BCUT2D eigenvalue weighted by Crippen LogP contribution is 2.33. The van der Waals surface area contributed by atoms with Crippen molar-refractivity contribution in [3.63, 3.8) is 0 Å². The Labute approximate surface area is 113 Å². The molecule has 0 saturated heterocycles. The van der Waals surface area contributed by atoms with E-state index in [2.05, 4.69) is 6.92 Å². The van der Waals surface area contributed by atoms with Gasteiger partial charge in [-0.05, 0) is 30.0 Å². The van der Waals surface area contributed by atoms with Crippen LogP contribution in [0.3, 0.4) is 0 Å². The molecule has 0 aliphatic rings. The lowest BCUT2D eigenvalue weighted by Crippen LogP contribution is -2.44. The Morgan fingerprint density at radius 1 is 1.53 bits per heavy atom. The Morgan fingerprint density at radius 3 is 2.68 bits per heavy atom. The van der Waals surface area contributed by atoms with Gasteiger partial charge in [-0.15, -0.1) is 0 Å². The topological polar surface area (TPSA) is 63.3 Å². The fraction of sp³-hybridized carbons (Fsp3) is 0.533. The zero-order valence-electron chi connectivity index (χ0n) is 11.5. The van der Waals surface area contributed by atoms with Crippen molar-refractivity contribution >= 4 is 5.97 Å². The van der Waals surface area contributed by atoms with Crippen LogP contribution in [0.4, 0.5) is 4.39 Å². The van der Waals surface area contributed by atoms with Gasteiger partial charge in [0.15, 0.2) is 0 Å². The van der Waals surface area contributed by atoms with Gasteiger partial charge in [0, 0.05) is 6.54 Å². The molecule has 1 aromatic rings. The molecule has 0 radical (unpaired) electrons. The van der Waals surface area contributed by atoms with Gasteiger partial charge >= 0.3 is 5.97 Å². The van der Waals surface area contributed by atoms with E-state index in [0.29, 0.717) is 12.0 Å². The van der Waals surface area contributed by atoms with Crippen LogP contribution in [0.1, 0.15) is 38.7 Å². The standard InChI is InChI=1S/C15H22FNO2/c1-3-5-11(2)9-15(10-17,14(18)19)12-6-4-7-13(16)8-12/h4,6-8,11H,3,5,9-10,17H2,1-2H3,(H,18,19). The summed E-state index contributed by atoms with van der Waals surface area (Å²) in [4.78, 5) is 11.7. The molecule has 0 aliphatic carbocycles. The van der Waals surface area contributed by atoms with Crippen molar-refractivity contribution in [3.8, 4) is 0 Å². The number of rotatable bonds is 7. The van der Waals surface area contributed by atoms with E-state index >= 15 is 0 Å². The number of benzene rings is 1. The van der Waals surface area contributed by atoms with Crippen LogP contribution in [-0.2, 0) is 10.2 Å². The lowest BCUT2D eigenvalue weighted by molar-refractivity contribution is -0.144. The molecular formula is C15H22FNO2. The minimum Gasteiger partial charge on any atom is -0.481 e. The maximum absolute atomic E-state index is 13.3. The van der Waals surface area contributed by atoms with Crippen molar-refractivity contribution < 1.29 is 14.3 Å². The summed E-state index contributed by atoms with van der Waals surface area (Å²) in [6.07, 6.45) is 2.35. The third-order valence-corrected chi connectivity index (χ3v) is 3.61. The second-order valence-corrected chi connectivity index (χ2v) is 5.20. The zero-order valence-corrected chi connectivity index (χ0v) is 11.5. The summed E-state index contributed by atoms with van der Waals surface area (Å²) in [5.41, 5.74) is 4.98. The van der Waals surface area contributed by atoms with E-state index in [-0.39, 0.29) is 12.5 Å². The van der Waals surface area contributed by atoms with Crippen LogP contribution in [0.2, 0.25) is 0 Å². The van der Waals surface area contributed by atoms with Gasteiger partial charge in [-0.25, -0.2) is 4.39 Å². The second-order valence-electron chi connectivity index (χ2n) is 5.20. The van der Waals surface area contributed by atoms with Crippen molar-refractivity contribution in [2.75, 3.05) is 6.54 Å². The molecule has 3 nitrogen and oxygen atoms in total. The zero-order chi connectivity index (χ0) is 14.5. The van der Waals surface area contributed by atoms with Crippen molar-refractivity contribution in [2.45, 2.75) is 38.5 Å². The fourth-order valence-electron chi connectivity index (χ4n) is 2.59. The predicted molar refractivity (Wildman–Crippen MR) is 73.5 cm³/mol. The first-order valence-corrected chi connectivity index (χ1v) is 6.65. The molecule has 1 aromatic carbocycles. The van der Waals surface area contributed by atoms with Gasteiger partial charge in [-0.1, -0.05) is 38.8 Å². The van der Waals surface area contributed by atoms with E-state index in [0.717, 1.165) is 12.8 Å². The Kier molecular flexibility index (Phi) is 5.48. The third-order valence-electron chi connectivity index (χ3n) is 3.61. The van der Waals surface area contributed by atoms with Crippen molar-refractivity contribution in [1.82, 2.24) is 0 Å². The predicted octanol–water partition coefficient (Wildman–Crippen LogP) is 2.93. The highest BCUT2D eigenvalue weighted by atomic mass is 19.1. The Balaban J connectivity index is 3.15. The fourth-order valence-corrected chi connectivity index (χ4v) is 2.59. The molecule has 0 aromatic heterocycles. The molecule has 2 atom stereocenters. The number of carboxylic acids is 1. The molecule has 0 heterocycles. The normalized spacial score (nSPS) is 15.8. The van der Waals surface area contributed by atoms with Gasteiger partial charge in [0.2, 0.25) is 0 Å². The molecule has 106 valence electrons. The van der Waals surface area contributed by atoms with Crippen molar-refractivity contribution in [3.05, 3.63) is 35.6 Å². The van der Waals surface area contributed by atoms with Gasteiger partial charge in [-0.3, -0.25) is 4.79 Å². The van der Waals surface area contributed by atoms with Crippen LogP contribution in [0.25, 0.3) is 0 Å². The second kappa shape index (κ2) is 6.66. The number of hydrogen-bond donors (Lipinski definition) is 2. The monoisotopic (exact) mass is 267 g/mol. The van der Waals surface area contributed by atoms with Gasteiger partial charge in [0.05, 0.1) is 0 Å². The van der Waals surface area contributed by atoms with Gasteiger partial charge in [0.1, 0.15) is 11.2 Å². The summed E-state index contributed by atoms with van der Waals surface area (Å²) in [6, 6.07) is 5.76. The van der Waals surface area contributed by atoms with Crippen LogP contribution in [0.5, 0.6) is 0 Å². The molecule has 0 amide bonds. The molecule has 1 rings (SSSR count). The quantitative estimate of drug-likeness (QED) is 0.798. The van der Waals surface area contributed by atoms with Gasteiger partial charge in [0.25, 0.3) is 0 Å². The molecule has 0 saturated carbocycles. The molecular weight excluding hydrogens is 245 g/mol.